The van der Waals surface area contributed by atoms with Gasteiger partial charge in [-0.2, -0.15) is 0 Å². The van der Waals surface area contributed by atoms with Crippen LogP contribution in [0.1, 0.15) is 37.0 Å². The summed E-state index contributed by atoms with van der Waals surface area (Å²) in [5, 5.41) is 3.00. The minimum atomic E-state index is -0.0413. The normalized spacial score (nSPS) is 18.8. The quantitative estimate of drug-likeness (QED) is 0.897. The van der Waals surface area contributed by atoms with E-state index >= 15 is 0 Å². The molecule has 0 atom stereocenters. The van der Waals surface area contributed by atoms with Crippen LogP contribution in [0.4, 0.5) is 4.79 Å². The first-order chi connectivity index (χ1) is 12.1. The predicted octanol–water partition coefficient (Wildman–Crippen LogP) is 1.50. The molecule has 1 aromatic heterocycles. The Kier molecular flexibility index (Phi) is 5.53. The molecule has 1 aromatic rings. The Hall–Kier alpha value is -2.15. The van der Waals surface area contributed by atoms with Crippen molar-refractivity contribution in [3.8, 4) is 0 Å². The number of hydrogen-bond acceptors (Lipinski definition) is 4. The number of likely N-dealkylation sites (tertiary alicyclic amines) is 1. The lowest BCUT2D eigenvalue weighted by Gasteiger charge is -2.49. The Bertz CT molecular complexity index is 596. The van der Waals surface area contributed by atoms with Gasteiger partial charge in [0.1, 0.15) is 0 Å². The van der Waals surface area contributed by atoms with Crippen LogP contribution in [0, 0.1) is 0 Å². The smallest absolute Gasteiger partial charge is 0.318 e. The summed E-state index contributed by atoms with van der Waals surface area (Å²) < 4.78 is 5.43. The van der Waals surface area contributed by atoms with Crippen molar-refractivity contribution in [3.05, 3.63) is 30.1 Å². The fourth-order valence-corrected chi connectivity index (χ4v) is 3.38. The van der Waals surface area contributed by atoms with Crippen molar-refractivity contribution in [1.82, 2.24) is 20.1 Å². The Morgan fingerprint density at radius 2 is 2.00 bits per heavy atom. The number of amides is 3. The number of rotatable bonds is 4. The van der Waals surface area contributed by atoms with Gasteiger partial charge in [0, 0.05) is 50.8 Å². The van der Waals surface area contributed by atoms with Gasteiger partial charge in [0.25, 0.3) is 5.91 Å². The zero-order chi connectivity index (χ0) is 17.8. The first-order valence-electron chi connectivity index (χ1n) is 8.92. The number of nitrogens with zero attached hydrogens (tertiary/aromatic N) is 3. The van der Waals surface area contributed by atoms with Crippen molar-refractivity contribution in [3.63, 3.8) is 0 Å². The summed E-state index contributed by atoms with van der Waals surface area (Å²) >= 11 is 0. The molecular formula is C18H26N4O3. The van der Waals surface area contributed by atoms with Gasteiger partial charge in [-0.05, 0) is 38.8 Å². The van der Waals surface area contributed by atoms with E-state index in [0.29, 0.717) is 31.9 Å². The summed E-state index contributed by atoms with van der Waals surface area (Å²) in [6.07, 6.45) is 4.92. The van der Waals surface area contributed by atoms with Gasteiger partial charge in [-0.3, -0.25) is 9.78 Å². The Morgan fingerprint density at radius 3 is 2.60 bits per heavy atom. The number of carbonyl (C=O) groups excluding carboxylic acids is 2. The molecule has 136 valence electrons. The molecule has 0 saturated carbocycles. The molecule has 0 bridgehead atoms. The molecule has 3 heterocycles. The zero-order valence-corrected chi connectivity index (χ0v) is 14.9. The fraction of sp³-hybridized carbons (Fsp3) is 0.611. The van der Waals surface area contributed by atoms with Crippen LogP contribution < -0.4 is 5.32 Å². The Labute approximate surface area is 148 Å². The van der Waals surface area contributed by atoms with E-state index in [1.807, 2.05) is 18.7 Å². The molecule has 2 fully saturated rings. The highest BCUT2D eigenvalue weighted by Gasteiger charge is 2.41. The number of carbonyl (C=O) groups is 2. The maximum Gasteiger partial charge on any atom is 0.318 e. The lowest BCUT2D eigenvalue weighted by Crippen LogP contribution is -2.66. The molecule has 25 heavy (non-hydrogen) atoms. The maximum atomic E-state index is 12.7. The van der Waals surface area contributed by atoms with Gasteiger partial charge in [0.15, 0.2) is 0 Å². The zero-order valence-electron chi connectivity index (χ0n) is 14.9. The molecule has 3 amide bonds. The summed E-state index contributed by atoms with van der Waals surface area (Å²) in [6, 6.07) is 3.80. The second kappa shape index (κ2) is 7.82. The topological polar surface area (TPSA) is 74.8 Å². The highest BCUT2D eigenvalue weighted by atomic mass is 16.5. The van der Waals surface area contributed by atoms with Crippen LogP contribution in [0.3, 0.4) is 0 Å². The molecule has 0 spiro atoms. The van der Waals surface area contributed by atoms with E-state index in [2.05, 4.69) is 10.3 Å². The molecule has 7 heteroatoms. The second-order valence-electron chi connectivity index (χ2n) is 6.96. The minimum absolute atomic E-state index is 0.0273. The van der Waals surface area contributed by atoms with Gasteiger partial charge in [0.2, 0.25) is 0 Å². The molecule has 2 aliphatic heterocycles. The lowest BCUT2D eigenvalue weighted by molar-refractivity contribution is -0.00522. The number of nitrogens with one attached hydrogen (secondary N) is 1. The fourth-order valence-electron chi connectivity index (χ4n) is 3.38. The van der Waals surface area contributed by atoms with Crippen molar-refractivity contribution in [2.45, 2.75) is 44.8 Å². The third kappa shape index (κ3) is 4.10. The summed E-state index contributed by atoms with van der Waals surface area (Å²) in [5.41, 5.74) is 0.588. The Morgan fingerprint density at radius 1 is 1.28 bits per heavy atom. The van der Waals surface area contributed by atoms with Gasteiger partial charge in [-0.1, -0.05) is 0 Å². The van der Waals surface area contributed by atoms with E-state index in [0.717, 1.165) is 12.8 Å². The largest absolute Gasteiger partial charge is 0.381 e. The molecule has 2 aliphatic rings. The van der Waals surface area contributed by atoms with Gasteiger partial charge < -0.3 is 19.9 Å². The molecule has 1 N–H and O–H groups in total. The molecule has 0 aliphatic carbocycles. The van der Waals surface area contributed by atoms with Crippen molar-refractivity contribution in [2.24, 2.45) is 0 Å². The third-order valence-corrected chi connectivity index (χ3v) is 4.68. The molecule has 7 nitrogen and oxygen atoms in total. The summed E-state index contributed by atoms with van der Waals surface area (Å²) in [6.45, 7) is 6.41. The van der Waals surface area contributed by atoms with Crippen LogP contribution in [0.15, 0.2) is 24.5 Å². The summed E-state index contributed by atoms with van der Waals surface area (Å²) in [7, 11) is 0. The minimum Gasteiger partial charge on any atom is -0.381 e. The molecular weight excluding hydrogens is 320 g/mol. The molecule has 0 radical (unpaired) electrons. The van der Waals surface area contributed by atoms with Gasteiger partial charge in [-0.15, -0.1) is 0 Å². The number of ether oxygens (including phenoxy) is 1. The predicted molar refractivity (Wildman–Crippen MR) is 93.3 cm³/mol. The molecule has 0 aromatic carbocycles. The molecule has 3 rings (SSSR count). The van der Waals surface area contributed by atoms with Gasteiger partial charge in [-0.25, -0.2) is 4.79 Å². The standard InChI is InChI=1S/C18H26N4O3/c1-13(2)20-18(24)22(15-5-8-25-9-6-15)16-11-21(12-16)17(23)14-4-3-7-19-10-14/h3-4,7,10,13,15-16H,5-6,8-9,11-12H2,1-2H3,(H,20,24). The molecule has 0 unspecified atom stereocenters. The third-order valence-electron chi connectivity index (χ3n) is 4.68. The van der Waals surface area contributed by atoms with Crippen LogP contribution in [-0.4, -0.2) is 71.2 Å². The van der Waals surface area contributed by atoms with E-state index in [9.17, 15) is 9.59 Å². The van der Waals surface area contributed by atoms with Crippen molar-refractivity contribution >= 4 is 11.9 Å². The number of aromatic nitrogens is 1. The first kappa shape index (κ1) is 17.7. The van der Waals surface area contributed by atoms with E-state index in [-0.39, 0.29) is 30.1 Å². The number of hydrogen-bond donors (Lipinski definition) is 1. The highest BCUT2D eigenvalue weighted by Crippen LogP contribution is 2.24. The van der Waals surface area contributed by atoms with Gasteiger partial charge in [0.05, 0.1) is 11.6 Å². The van der Waals surface area contributed by atoms with E-state index < -0.39 is 0 Å². The number of pyridine rings is 1. The van der Waals surface area contributed by atoms with Gasteiger partial charge >= 0.3 is 6.03 Å². The van der Waals surface area contributed by atoms with Crippen LogP contribution in [0.2, 0.25) is 0 Å². The van der Waals surface area contributed by atoms with Crippen molar-refractivity contribution in [2.75, 3.05) is 26.3 Å². The van der Waals surface area contributed by atoms with E-state index in [4.69, 9.17) is 4.74 Å². The van der Waals surface area contributed by atoms with Crippen LogP contribution in [-0.2, 0) is 4.74 Å². The summed E-state index contributed by atoms with van der Waals surface area (Å²) in [4.78, 5) is 32.9. The van der Waals surface area contributed by atoms with E-state index in [1.54, 1.807) is 29.4 Å². The van der Waals surface area contributed by atoms with Crippen molar-refractivity contribution < 1.29 is 14.3 Å². The maximum absolute atomic E-state index is 12.7. The second-order valence-corrected chi connectivity index (χ2v) is 6.96. The highest BCUT2D eigenvalue weighted by molar-refractivity contribution is 5.94. The van der Waals surface area contributed by atoms with Crippen molar-refractivity contribution in [1.29, 1.82) is 0 Å². The van der Waals surface area contributed by atoms with E-state index in [1.165, 1.54) is 0 Å². The lowest BCUT2D eigenvalue weighted by atomic mass is 9.99. The average Bonchev–Trinajstić information content (AvgIpc) is 2.58. The SMILES string of the molecule is CC(C)NC(=O)N(C1CCOCC1)C1CN(C(=O)c2cccnc2)C1. The monoisotopic (exact) mass is 346 g/mol. The first-order valence-corrected chi connectivity index (χ1v) is 8.92. The van der Waals surface area contributed by atoms with Crippen LogP contribution in [0.25, 0.3) is 0 Å². The summed E-state index contributed by atoms with van der Waals surface area (Å²) in [5.74, 6) is -0.0273. The van der Waals surface area contributed by atoms with Crippen LogP contribution in [0.5, 0.6) is 0 Å². The number of urea groups is 1. The average molecular weight is 346 g/mol. The molecule has 2 saturated heterocycles. The Balaban J connectivity index is 1.64. The van der Waals surface area contributed by atoms with Crippen LogP contribution >= 0.6 is 0 Å².